The topological polar surface area (TPSA) is 104 Å². The molecule has 1 aromatic heterocycles. The summed E-state index contributed by atoms with van der Waals surface area (Å²) in [5, 5.41) is 2.88. The Morgan fingerprint density at radius 2 is 1.79 bits per heavy atom. The van der Waals surface area contributed by atoms with Gasteiger partial charge in [-0.3, -0.25) is 4.79 Å². The first-order valence-corrected chi connectivity index (χ1v) is 10.7. The number of imidazole rings is 1. The first kappa shape index (κ1) is 20.0. The number of nitrogens with zero attached hydrogens (tertiary/aromatic N) is 1. The van der Waals surface area contributed by atoms with Gasteiger partial charge in [0.2, 0.25) is 10.0 Å². The molecule has 0 aliphatic carbocycles. The van der Waals surface area contributed by atoms with Gasteiger partial charge in [0, 0.05) is 11.6 Å². The number of fused-ring (bicyclic) bond motifs is 1. The van der Waals surface area contributed by atoms with Crippen LogP contribution >= 0.6 is 0 Å². The third-order valence-electron chi connectivity index (χ3n) is 4.56. The fourth-order valence-electron chi connectivity index (χ4n) is 2.73. The summed E-state index contributed by atoms with van der Waals surface area (Å²) in [4.78, 5) is 20.3. The van der Waals surface area contributed by atoms with Crippen LogP contribution in [0.1, 0.15) is 49.4 Å². The second-order valence-corrected chi connectivity index (χ2v) is 8.50. The predicted molar refractivity (Wildman–Crippen MR) is 108 cm³/mol. The number of H-pyrrole nitrogens is 1. The molecule has 0 aliphatic rings. The SMILES string of the molecule is CCC(C)NS(=O)(=O)c1ccc(C(=O)NC(C)c2nc3ccccc3[nH]2)cc1. The van der Waals surface area contributed by atoms with Crippen molar-refractivity contribution in [1.82, 2.24) is 20.0 Å². The zero-order chi connectivity index (χ0) is 20.3. The monoisotopic (exact) mass is 400 g/mol. The minimum Gasteiger partial charge on any atom is -0.342 e. The van der Waals surface area contributed by atoms with E-state index in [0.29, 0.717) is 17.8 Å². The molecular weight excluding hydrogens is 376 g/mol. The summed E-state index contributed by atoms with van der Waals surface area (Å²) >= 11 is 0. The number of hydrogen-bond donors (Lipinski definition) is 3. The van der Waals surface area contributed by atoms with Crippen LogP contribution in [0.3, 0.4) is 0 Å². The van der Waals surface area contributed by atoms with E-state index in [-0.39, 0.29) is 22.9 Å². The summed E-state index contributed by atoms with van der Waals surface area (Å²) in [5.74, 6) is 0.360. The van der Waals surface area contributed by atoms with Gasteiger partial charge in [0.1, 0.15) is 5.82 Å². The third kappa shape index (κ3) is 4.40. The lowest BCUT2D eigenvalue weighted by atomic mass is 10.2. The summed E-state index contributed by atoms with van der Waals surface area (Å²) in [6, 6.07) is 13.0. The molecule has 0 bridgehead atoms. The number of rotatable bonds is 7. The van der Waals surface area contributed by atoms with E-state index in [1.807, 2.05) is 38.1 Å². The van der Waals surface area contributed by atoms with E-state index in [0.717, 1.165) is 11.0 Å². The quantitative estimate of drug-likeness (QED) is 0.567. The number of amides is 1. The van der Waals surface area contributed by atoms with Crippen LogP contribution in [0.5, 0.6) is 0 Å². The normalized spacial score (nSPS) is 14.0. The molecule has 3 N–H and O–H groups in total. The van der Waals surface area contributed by atoms with E-state index in [4.69, 9.17) is 0 Å². The maximum Gasteiger partial charge on any atom is 0.251 e. The van der Waals surface area contributed by atoms with Crippen LogP contribution in [0, 0.1) is 0 Å². The standard InChI is InChI=1S/C20H24N4O3S/c1-4-13(2)24-28(26,27)16-11-9-15(10-12-16)20(25)21-14(3)19-22-17-7-5-6-8-18(17)23-19/h5-14,24H,4H2,1-3H3,(H,21,25)(H,22,23). The highest BCUT2D eigenvalue weighted by Gasteiger charge is 2.18. The van der Waals surface area contributed by atoms with Crippen molar-refractivity contribution in [3.63, 3.8) is 0 Å². The lowest BCUT2D eigenvalue weighted by molar-refractivity contribution is 0.0938. The minimum atomic E-state index is -3.59. The summed E-state index contributed by atoms with van der Waals surface area (Å²) in [7, 11) is -3.59. The van der Waals surface area contributed by atoms with Crippen molar-refractivity contribution in [2.75, 3.05) is 0 Å². The van der Waals surface area contributed by atoms with Crippen LogP contribution in [0.4, 0.5) is 0 Å². The zero-order valence-electron chi connectivity index (χ0n) is 16.1. The third-order valence-corrected chi connectivity index (χ3v) is 6.17. The molecule has 148 valence electrons. The Morgan fingerprint density at radius 3 is 2.43 bits per heavy atom. The molecule has 3 rings (SSSR count). The Morgan fingerprint density at radius 1 is 1.11 bits per heavy atom. The number of aromatic amines is 1. The molecule has 28 heavy (non-hydrogen) atoms. The van der Waals surface area contributed by atoms with Crippen molar-refractivity contribution in [2.45, 2.75) is 44.2 Å². The van der Waals surface area contributed by atoms with E-state index in [2.05, 4.69) is 20.0 Å². The molecule has 0 spiro atoms. The van der Waals surface area contributed by atoms with Crippen molar-refractivity contribution in [3.8, 4) is 0 Å². The Labute approximate surface area is 164 Å². The second-order valence-electron chi connectivity index (χ2n) is 6.79. The van der Waals surface area contributed by atoms with E-state index in [1.165, 1.54) is 24.3 Å². The average molecular weight is 401 g/mol. The van der Waals surface area contributed by atoms with Crippen molar-refractivity contribution in [3.05, 3.63) is 59.9 Å². The van der Waals surface area contributed by atoms with Crippen molar-refractivity contribution >= 4 is 27.0 Å². The Kier molecular flexibility index (Phi) is 5.81. The largest absolute Gasteiger partial charge is 0.342 e. The molecule has 8 heteroatoms. The zero-order valence-corrected chi connectivity index (χ0v) is 16.9. The molecule has 2 unspecified atom stereocenters. The lowest BCUT2D eigenvalue weighted by Gasteiger charge is -2.13. The second kappa shape index (κ2) is 8.12. The van der Waals surface area contributed by atoms with Crippen molar-refractivity contribution in [2.24, 2.45) is 0 Å². The van der Waals surface area contributed by atoms with Crippen LogP contribution < -0.4 is 10.0 Å². The van der Waals surface area contributed by atoms with Crippen LogP contribution in [-0.4, -0.2) is 30.3 Å². The highest BCUT2D eigenvalue weighted by atomic mass is 32.2. The number of sulfonamides is 1. The van der Waals surface area contributed by atoms with Gasteiger partial charge in [0.15, 0.2) is 0 Å². The van der Waals surface area contributed by atoms with Gasteiger partial charge in [-0.25, -0.2) is 18.1 Å². The minimum absolute atomic E-state index is 0.134. The summed E-state index contributed by atoms with van der Waals surface area (Å²) < 4.78 is 27.2. The Balaban J connectivity index is 1.70. The summed E-state index contributed by atoms with van der Waals surface area (Å²) in [5.41, 5.74) is 2.12. The van der Waals surface area contributed by atoms with Gasteiger partial charge in [-0.15, -0.1) is 0 Å². The molecule has 1 amide bonds. The van der Waals surface area contributed by atoms with E-state index in [9.17, 15) is 13.2 Å². The van der Waals surface area contributed by atoms with Gasteiger partial charge in [0.25, 0.3) is 5.91 Å². The van der Waals surface area contributed by atoms with Crippen LogP contribution in [0.25, 0.3) is 11.0 Å². The lowest BCUT2D eigenvalue weighted by Crippen LogP contribution is -2.32. The molecule has 7 nitrogen and oxygen atoms in total. The number of para-hydroxylation sites is 2. The number of nitrogens with one attached hydrogen (secondary N) is 3. The van der Waals surface area contributed by atoms with Gasteiger partial charge in [0.05, 0.1) is 22.0 Å². The highest BCUT2D eigenvalue weighted by Crippen LogP contribution is 2.17. The number of carbonyl (C=O) groups is 1. The number of hydrogen-bond acceptors (Lipinski definition) is 4. The van der Waals surface area contributed by atoms with E-state index >= 15 is 0 Å². The molecule has 0 saturated heterocycles. The van der Waals surface area contributed by atoms with Gasteiger partial charge in [-0.2, -0.15) is 0 Å². The first-order valence-electron chi connectivity index (χ1n) is 9.18. The van der Waals surface area contributed by atoms with E-state index < -0.39 is 10.0 Å². The van der Waals surface area contributed by atoms with Crippen LogP contribution in [0.15, 0.2) is 53.4 Å². The fourth-order valence-corrected chi connectivity index (χ4v) is 4.05. The van der Waals surface area contributed by atoms with E-state index in [1.54, 1.807) is 6.92 Å². The molecular formula is C20H24N4O3S. The van der Waals surface area contributed by atoms with Crippen molar-refractivity contribution in [1.29, 1.82) is 0 Å². The molecule has 0 saturated carbocycles. The average Bonchev–Trinajstić information content (AvgIpc) is 3.12. The van der Waals surface area contributed by atoms with Crippen LogP contribution in [-0.2, 0) is 10.0 Å². The Bertz CT molecular complexity index is 1040. The molecule has 2 atom stereocenters. The number of benzene rings is 2. The summed E-state index contributed by atoms with van der Waals surface area (Å²) in [6.45, 7) is 5.55. The number of carbonyl (C=O) groups excluding carboxylic acids is 1. The van der Waals surface area contributed by atoms with Gasteiger partial charge in [-0.05, 0) is 56.7 Å². The molecule has 0 fully saturated rings. The Hall–Kier alpha value is -2.71. The fraction of sp³-hybridized carbons (Fsp3) is 0.300. The maximum absolute atomic E-state index is 12.5. The predicted octanol–water partition coefficient (Wildman–Crippen LogP) is 3.13. The first-order chi connectivity index (χ1) is 13.3. The smallest absolute Gasteiger partial charge is 0.251 e. The molecule has 0 radical (unpaired) electrons. The van der Waals surface area contributed by atoms with Crippen molar-refractivity contribution < 1.29 is 13.2 Å². The molecule has 2 aromatic carbocycles. The van der Waals surface area contributed by atoms with Gasteiger partial charge in [-0.1, -0.05) is 19.1 Å². The molecule has 3 aromatic rings. The maximum atomic E-state index is 12.5. The number of aromatic nitrogens is 2. The van der Waals surface area contributed by atoms with Gasteiger partial charge >= 0.3 is 0 Å². The highest BCUT2D eigenvalue weighted by molar-refractivity contribution is 7.89. The molecule has 1 heterocycles. The molecule has 0 aliphatic heterocycles. The van der Waals surface area contributed by atoms with Gasteiger partial charge < -0.3 is 10.3 Å². The summed E-state index contributed by atoms with van der Waals surface area (Å²) in [6.07, 6.45) is 0.694. The van der Waals surface area contributed by atoms with Crippen LogP contribution in [0.2, 0.25) is 0 Å².